The highest BCUT2D eigenvalue weighted by molar-refractivity contribution is 7.89. The SMILES string of the molecule is CC(NC(=O)c1ccc(CN2CCN(S(=O)(=O)c3ccccc3)CC2)cc1)c1ccc(C(C)(C)C)cc1. The molecule has 3 aromatic rings. The topological polar surface area (TPSA) is 69.7 Å². The van der Waals surface area contributed by atoms with E-state index < -0.39 is 10.0 Å². The predicted molar refractivity (Wildman–Crippen MR) is 148 cm³/mol. The van der Waals surface area contributed by atoms with E-state index in [1.165, 1.54) is 5.56 Å². The number of piperazine rings is 1. The van der Waals surface area contributed by atoms with Crippen LogP contribution >= 0.6 is 0 Å². The maximum absolute atomic E-state index is 12.8. The van der Waals surface area contributed by atoms with Gasteiger partial charge in [0.15, 0.2) is 0 Å². The average Bonchev–Trinajstić information content (AvgIpc) is 2.89. The zero-order valence-electron chi connectivity index (χ0n) is 22.1. The molecule has 1 atom stereocenters. The molecule has 0 bridgehead atoms. The first-order valence-corrected chi connectivity index (χ1v) is 14.3. The summed E-state index contributed by atoms with van der Waals surface area (Å²) < 4.78 is 27.2. The Labute approximate surface area is 221 Å². The molecule has 0 spiro atoms. The van der Waals surface area contributed by atoms with E-state index in [2.05, 4.69) is 55.3 Å². The number of benzene rings is 3. The molecule has 6 nitrogen and oxygen atoms in total. The van der Waals surface area contributed by atoms with Gasteiger partial charge in [0.2, 0.25) is 10.0 Å². The van der Waals surface area contributed by atoms with Crippen molar-refractivity contribution in [3.8, 4) is 0 Å². The van der Waals surface area contributed by atoms with Gasteiger partial charge < -0.3 is 5.32 Å². The van der Waals surface area contributed by atoms with Crippen LogP contribution in [0, 0.1) is 0 Å². The Kier molecular flexibility index (Phi) is 8.17. The molecule has 1 saturated heterocycles. The Morgan fingerprint density at radius 2 is 1.46 bits per heavy atom. The summed E-state index contributed by atoms with van der Waals surface area (Å²) in [6.45, 7) is 11.5. The lowest BCUT2D eigenvalue weighted by atomic mass is 9.86. The minimum absolute atomic E-state index is 0.0929. The molecule has 196 valence electrons. The van der Waals surface area contributed by atoms with E-state index in [0.717, 1.165) is 17.7 Å². The lowest BCUT2D eigenvalue weighted by Gasteiger charge is -2.34. The molecule has 0 radical (unpaired) electrons. The van der Waals surface area contributed by atoms with Crippen LogP contribution in [0.25, 0.3) is 0 Å². The third-order valence-electron chi connectivity index (χ3n) is 6.96. The van der Waals surface area contributed by atoms with E-state index >= 15 is 0 Å². The van der Waals surface area contributed by atoms with Crippen molar-refractivity contribution < 1.29 is 13.2 Å². The molecule has 0 aromatic heterocycles. The van der Waals surface area contributed by atoms with Gasteiger partial charge in [-0.3, -0.25) is 9.69 Å². The van der Waals surface area contributed by atoms with Crippen LogP contribution in [-0.2, 0) is 22.0 Å². The Hall–Kier alpha value is -3.00. The minimum Gasteiger partial charge on any atom is -0.346 e. The van der Waals surface area contributed by atoms with E-state index in [1.54, 1.807) is 28.6 Å². The smallest absolute Gasteiger partial charge is 0.251 e. The van der Waals surface area contributed by atoms with Gasteiger partial charge in [0.05, 0.1) is 10.9 Å². The Morgan fingerprint density at radius 3 is 2.03 bits per heavy atom. The van der Waals surface area contributed by atoms with Crippen molar-refractivity contribution in [2.45, 2.75) is 50.6 Å². The van der Waals surface area contributed by atoms with Gasteiger partial charge >= 0.3 is 0 Å². The molecular weight excluding hydrogens is 482 g/mol. The summed E-state index contributed by atoms with van der Waals surface area (Å²) in [7, 11) is -3.45. The fourth-order valence-electron chi connectivity index (χ4n) is 4.52. The average molecular weight is 520 g/mol. The summed E-state index contributed by atoms with van der Waals surface area (Å²) in [6, 6.07) is 24.6. The fourth-order valence-corrected chi connectivity index (χ4v) is 5.97. The molecule has 1 fully saturated rings. The van der Waals surface area contributed by atoms with Crippen LogP contribution in [-0.4, -0.2) is 49.7 Å². The highest BCUT2D eigenvalue weighted by Crippen LogP contribution is 2.24. The first kappa shape index (κ1) is 27.0. The van der Waals surface area contributed by atoms with Crippen molar-refractivity contribution in [1.29, 1.82) is 0 Å². The first-order chi connectivity index (χ1) is 17.5. The molecule has 7 heteroatoms. The van der Waals surface area contributed by atoms with Crippen LogP contribution in [0.4, 0.5) is 0 Å². The monoisotopic (exact) mass is 519 g/mol. The summed E-state index contributed by atoms with van der Waals surface area (Å²) in [5.74, 6) is -0.0984. The van der Waals surface area contributed by atoms with Crippen molar-refractivity contribution in [2.75, 3.05) is 26.2 Å². The zero-order chi connectivity index (χ0) is 26.6. The predicted octanol–water partition coefficient (Wildman–Crippen LogP) is 4.98. The van der Waals surface area contributed by atoms with Crippen LogP contribution in [0.3, 0.4) is 0 Å². The lowest BCUT2D eigenvalue weighted by Crippen LogP contribution is -2.48. The van der Waals surface area contributed by atoms with Crippen LogP contribution < -0.4 is 5.32 Å². The molecule has 1 heterocycles. The molecule has 0 aliphatic carbocycles. The number of rotatable bonds is 7. The van der Waals surface area contributed by atoms with E-state index in [9.17, 15) is 13.2 Å². The molecule has 1 N–H and O–H groups in total. The number of hydrogen-bond donors (Lipinski definition) is 1. The van der Waals surface area contributed by atoms with Crippen LogP contribution in [0.15, 0.2) is 83.8 Å². The number of amides is 1. The van der Waals surface area contributed by atoms with E-state index in [0.29, 0.717) is 36.6 Å². The Bertz CT molecular complexity index is 1290. The van der Waals surface area contributed by atoms with Gasteiger partial charge in [0, 0.05) is 38.3 Å². The molecule has 1 aliphatic heterocycles. The van der Waals surface area contributed by atoms with Crippen molar-refractivity contribution in [1.82, 2.24) is 14.5 Å². The number of hydrogen-bond acceptors (Lipinski definition) is 4. The number of carbonyl (C=O) groups is 1. The van der Waals surface area contributed by atoms with Gasteiger partial charge in [-0.05, 0) is 53.3 Å². The summed E-state index contributed by atoms with van der Waals surface area (Å²) in [5.41, 5.74) is 4.17. The number of carbonyl (C=O) groups excluding carboxylic acids is 1. The molecular formula is C30H37N3O3S. The van der Waals surface area contributed by atoms with Crippen molar-refractivity contribution in [3.63, 3.8) is 0 Å². The second kappa shape index (κ2) is 11.2. The summed E-state index contributed by atoms with van der Waals surface area (Å²) >= 11 is 0. The quantitative estimate of drug-likeness (QED) is 0.478. The summed E-state index contributed by atoms with van der Waals surface area (Å²) in [5, 5.41) is 3.09. The zero-order valence-corrected chi connectivity index (χ0v) is 23.0. The second-order valence-electron chi connectivity index (χ2n) is 10.8. The highest BCUT2D eigenvalue weighted by atomic mass is 32.2. The molecule has 37 heavy (non-hydrogen) atoms. The minimum atomic E-state index is -3.45. The molecule has 3 aromatic carbocycles. The number of nitrogens with zero attached hydrogens (tertiary/aromatic N) is 2. The van der Waals surface area contributed by atoms with E-state index in [-0.39, 0.29) is 17.4 Å². The maximum atomic E-state index is 12.8. The van der Waals surface area contributed by atoms with Crippen molar-refractivity contribution in [2.24, 2.45) is 0 Å². The lowest BCUT2D eigenvalue weighted by molar-refractivity contribution is 0.0940. The fraction of sp³-hybridized carbons (Fsp3) is 0.367. The standard InChI is InChI=1S/C30H37N3O3S/c1-23(25-14-16-27(17-15-25)30(2,3)4)31-29(34)26-12-10-24(11-13-26)22-32-18-20-33(21-19-32)37(35,36)28-8-6-5-7-9-28/h5-17,23H,18-22H2,1-4H3,(H,31,34). The highest BCUT2D eigenvalue weighted by Gasteiger charge is 2.28. The van der Waals surface area contributed by atoms with Crippen molar-refractivity contribution in [3.05, 3.63) is 101 Å². The second-order valence-corrected chi connectivity index (χ2v) is 12.7. The van der Waals surface area contributed by atoms with Gasteiger partial charge in [-0.15, -0.1) is 0 Å². The third-order valence-corrected chi connectivity index (χ3v) is 8.87. The summed E-state index contributed by atoms with van der Waals surface area (Å²) in [6.07, 6.45) is 0. The van der Waals surface area contributed by atoms with E-state index in [1.807, 2.05) is 37.3 Å². The Balaban J connectivity index is 1.29. The molecule has 4 rings (SSSR count). The van der Waals surface area contributed by atoms with Crippen LogP contribution in [0.2, 0.25) is 0 Å². The number of sulfonamides is 1. The molecule has 1 unspecified atom stereocenters. The molecule has 1 amide bonds. The third kappa shape index (κ3) is 6.66. The van der Waals surface area contributed by atoms with Gasteiger partial charge in [-0.2, -0.15) is 4.31 Å². The normalized spacial score (nSPS) is 16.3. The van der Waals surface area contributed by atoms with Gasteiger partial charge in [-0.25, -0.2) is 8.42 Å². The van der Waals surface area contributed by atoms with E-state index in [4.69, 9.17) is 0 Å². The largest absolute Gasteiger partial charge is 0.346 e. The van der Waals surface area contributed by atoms with Gasteiger partial charge in [0.1, 0.15) is 0 Å². The number of nitrogens with one attached hydrogen (secondary N) is 1. The first-order valence-electron chi connectivity index (χ1n) is 12.8. The molecule has 1 aliphatic rings. The maximum Gasteiger partial charge on any atom is 0.251 e. The van der Waals surface area contributed by atoms with Crippen LogP contribution in [0.1, 0.15) is 60.8 Å². The van der Waals surface area contributed by atoms with Gasteiger partial charge in [0.25, 0.3) is 5.91 Å². The van der Waals surface area contributed by atoms with Gasteiger partial charge in [-0.1, -0.05) is 75.4 Å². The Morgan fingerprint density at radius 1 is 0.865 bits per heavy atom. The molecule has 0 saturated carbocycles. The van der Waals surface area contributed by atoms with Crippen molar-refractivity contribution >= 4 is 15.9 Å². The van der Waals surface area contributed by atoms with Crippen LogP contribution in [0.5, 0.6) is 0 Å². The summed E-state index contributed by atoms with van der Waals surface area (Å²) in [4.78, 5) is 15.4.